The molecule has 1 N–H and O–H groups in total. The first-order chi connectivity index (χ1) is 11.8. The number of hydrogen-bond donors (Lipinski definition) is 1. The summed E-state index contributed by atoms with van der Waals surface area (Å²) in [6.07, 6.45) is -0.582. The van der Waals surface area contributed by atoms with E-state index in [1.54, 1.807) is 20.8 Å². The van der Waals surface area contributed by atoms with Crippen molar-refractivity contribution in [3.05, 3.63) is 35.9 Å². The molecule has 25 heavy (non-hydrogen) atoms. The lowest BCUT2D eigenvalue weighted by Crippen LogP contribution is -2.52. The van der Waals surface area contributed by atoms with Gasteiger partial charge in [-0.15, -0.1) is 0 Å². The molecule has 1 fully saturated rings. The van der Waals surface area contributed by atoms with Gasteiger partial charge in [0, 0.05) is 26.2 Å². The van der Waals surface area contributed by atoms with E-state index in [4.69, 9.17) is 4.74 Å². The fraction of sp³-hybridized carbons (Fsp3) is 0.579. The molecule has 2 amide bonds. The lowest BCUT2D eigenvalue weighted by atomic mass is 10.1. The molecule has 0 aliphatic carbocycles. The van der Waals surface area contributed by atoms with Crippen LogP contribution in [0.15, 0.2) is 30.3 Å². The fourth-order valence-electron chi connectivity index (χ4n) is 2.83. The number of amides is 2. The van der Waals surface area contributed by atoms with E-state index in [0.717, 1.165) is 25.2 Å². The van der Waals surface area contributed by atoms with E-state index in [1.165, 1.54) is 0 Å². The molecule has 138 valence electrons. The average molecular weight is 347 g/mol. The largest absolute Gasteiger partial charge is 0.444 e. The number of nitrogens with one attached hydrogen (secondary N) is 1. The summed E-state index contributed by atoms with van der Waals surface area (Å²) in [5.74, 6) is -0.0900. The number of ether oxygens (including phenoxy) is 1. The van der Waals surface area contributed by atoms with Crippen molar-refractivity contribution in [2.75, 3.05) is 32.7 Å². The minimum atomic E-state index is -0.732. The molecule has 0 spiro atoms. The summed E-state index contributed by atoms with van der Waals surface area (Å²) in [6, 6.07) is 8.58. The minimum absolute atomic E-state index is 0.0900. The highest BCUT2D eigenvalue weighted by molar-refractivity contribution is 5.87. The Bertz CT molecular complexity index is 575. The van der Waals surface area contributed by atoms with Gasteiger partial charge in [-0.1, -0.05) is 37.3 Å². The van der Waals surface area contributed by atoms with Crippen LogP contribution in [0.5, 0.6) is 0 Å². The monoisotopic (exact) mass is 347 g/mol. The quantitative estimate of drug-likeness (QED) is 0.909. The molecule has 1 aliphatic heterocycles. The van der Waals surface area contributed by atoms with E-state index in [0.29, 0.717) is 13.1 Å². The van der Waals surface area contributed by atoms with Gasteiger partial charge in [-0.3, -0.25) is 4.79 Å². The second-order valence-corrected chi connectivity index (χ2v) is 7.25. The SMILES string of the molecule is CCN1CCN(C(=O)C(NC(=O)OC(C)(C)C)c2ccccc2)CC1. The molecule has 1 saturated heterocycles. The molecule has 1 heterocycles. The summed E-state index contributed by atoms with van der Waals surface area (Å²) >= 11 is 0. The first-order valence-corrected chi connectivity index (χ1v) is 8.86. The van der Waals surface area contributed by atoms with Gasteiger partial charge in [0.15, 0.2) is 0 Å². The fourth-order valence-corrected chi connectivity index (χ4v) is 2.83. The number of carbonyl (C=O) groups excluding carboxylic acids is 2. The predicted octanol–water partition coefficient (Wildman–Crippen LogP) is 2.42. The zero-order chi connectivity index (χ0) is 18.4. The third-order valence-corrected chi connectivity index (χ3v) is 4.17. The number of rotatable bonds is 4. The molecule has 1 aromatic carbocycles. The Labute approximate surface area is 150 Å². The van der Waals surface area contributed by atoms with Gasteiger partial charge >= 0.3 is 6.09 Å². The lowest BCUT2D eigenvalue weighted by Gasteiger charge is -2.36. The van der Waals surface area contributed by atoms with Crippen molar-refractivity contribution in [3.8, 4) is 0 Å². The average Bonchev–Trinajstić information content (AvgIpc) is 2.58. The highest BCUT2D eigenvalue weighted by atomic mass is 16.6. The second kappa shape index (κ2) is 8.34. The normalized spacial score (nSPS) is 17.0. The molecule has 2 rings (SSSR count). The molecule has 1 atom stereocenters. The summed E-state index contributed by atoms with van der Waals surface area (Å²) in [6.45, 7) is 11.6. The van der Waals surface area contributed by atoms with Crippen molar-refractivity contribution in [1.82, 2.24) is 15.1 Å². The summed E-state index contributed by atoms with van der Waals surface area (Å²) in [4.78, 5) is 29.4. The van der Waals surface area contributed by atoms with Crippen LogP contribution >= 0.6 is 0 Å². The van der Waals surface area contributed by atoms with Crippen LogP contribution in [0.25, 0.3) is 0 Å². The number of carbonyl (C=O) groups is 2. The number of piperazine rings is 1. The molecular weight excluding hydrogens is 318 g/mol. The zero-order valence-corrected chi connectivity index (χ0v) is 15.6. The van der Waals surface area contributed by atoms with Gasteiger partial charge in [0.2, 0.25) is 5.91 Å². The Hall–Kier alpha value is -2.08. The highest BCUT2D eigenvalue weighted by Gasteiger charge is 2.30. The smallest absolute Gasteiger partial charge is 0.408 e. The van der Waals surface area contributed by atoms with E-state index >= 15 is 0 Å². The zero-order valence-electron chi connectivity index (χ0n) is 15.6. The molecular formula is C19H29N3O3. The first-order valence-electron chi connectivity index (χ1n) is 8.86. The van der Waals surface area contributed by atoms with Gasteiger partial charge in [0.1, 0.15) is 11.6 Å². The van der Waals surface area contributed by atoms with Crippen molar-refractivity contribution in [1.29, 1.82) is 0 Å². The van der Waals surface area contributed by atoms with Crippen LogP contribution in [0.3, 0.4) is 0 Å². The van der Waals surface area contributed by atoms with Gasteiger partial charge in [-0.25, -0.2) is 4.79 Å². The Kier molecular flexibility index (Phi) is 6.42. The Morgan fingerprint density at radius 2 is 1.72 bits per heavy atom. The van der Waals surface area contributed by atoms with Crippen LogP contribution in [-0.2, 0) is 9.53 Å². The maximum atomic E-state index is 13.0. The summed E-state index contributed by atoms with van der Waals surface area (Å²) in [5.41, 5.74) is 0.150. The van der Waals surface area contributed by atoms with Crippen molar-refractivity contribution < 1.29 is 14.3 Å². The van der Waals surface area contributed by atoms with Gasteiger partial charge < -0.3 is 19.9 Å². The van der Waals surface area contributed by atoms with Crippen molar-refractivity contribution >= 4 is 12.0 Å². The van der Waals surface area contributed by atoms with E-state index in [2.05, 4.69) is 17.1 Å². The molecule has 0 saturated carbocycles. The Balaban J connectivity index is 2.12. The van der Waals surface area contributed by atoms with E-state index in [1.807, 2.05) is 35.2 Å². The molecule has 1 unspecified atom stereocenters. The van der Waals surface area contributed by atoms with Crippen molar-refractivity contribution in [2.24, 2.45) is 0 Å². The molecule has 6 heteroatoms. The van der Waals surface area contributed by atoms with Gasteiger partial charge in [-0.2, -0.15) is 0 Å². The number of alkyl carbamates (subject to hydrolysis) is 1. The maximum absolute atomic E-state index is 13.0. The summed E-state index contributed by atoms with van der Waals surface area (Å²) < 4.78 is 5.33. The third kappa shape index (κ3) is 5.74. The van der Waals surface area contributed by atoms with Gasteiger partial charge in [0.25, 0.3) is 0 Å². The number of likely N-dealkylation sites (N-methyl/N-ethyl adjacent to an activating group) is 1. The molecule has 0 aromatic heterocycles. The van der Waals surface area contributed by atoms with Crippen molar-refractivity contribution in [2.45, 2.75) is 39.3 Å². The molecule has 0 radical (unpaired) electrons. The predicted molar refractivity (Wildman–Crippen MR) is 97.2 cm³/mol. The molecule has 1 aromatic rings. The van der Waals surface area contributed by atoms with Crippen LogP contribution in [-0.4, -0.2) is 60.1 Å². The number of nitrogens with zero attached hydrogens (tertiary/aromatic N) is 2. The number of benzene rings is 1. The Morgan fingerprint density at radius 3 is 2.24 bits per heavy atom. The Morgan fingerprint density at radius 1 is 1.12 bits per heavy atom. The standard InChI is InChI=1S/C19H29N3O3/c1-5-21-11-13-22(14-12-21)17(23)16(15-9-7-6-8-10-15)20-18(24)25-19(2,3)4/h6-10,16H,5,11-14H2,1-4H3,(H,20,24). The van der Waals surface area contributed by atoms with E-state index in [9.17, 15) is 9.59 Å². The minimum Gasteiger partial charge on any atom is -0.444 e. The topological polar surface area (TPSA) is 61.9 Å². The van der Waals surface area contributed by atoms with Crippen LogP contribution in [0.4, 0.5) is 4.79 Å². The van der Waals surface area contributed by atoms with Gasteiger partial charge in [0.05, 0.1) is 0 Å². The maximum Gasteiger partial charge on any atom is 0.408 e. The molecule has 6 nitrogen and oxygen atoms in total. The van der Waals surface area contributed by atoms with Gasteiger partial charge in [-0.05, 0) is 32.9 Å². The number of hydrogen-bond acceptors (Lipinski definition) is 4. The highest BCUT2D eigenvalue weighted by Crippen LogP contribution is 2.18. The summed E-state index contributed by atoms with van der Waals surface area (Å²) in [7, 11) is 0. The third-order valence-electron chi connectivity index (χ3n) is 4.17. The van der Waals surface area contributed by atoms with E-state index in [-0.39, 0.29) is 5.91 Å². The van der Waals surface area contributed by atoms with E-state index < -0.39 is 17.7 Å². The molecule has 0 bridgehead atoms. The van der Waals surface area contributed by atoms with Crippen LogP contribution < -0.4 is 5.32 Å². The van der Waals surface area contributed by atoms with Crippen LogP contribution in [0.2, 0.25) is 0 Å². The summed E-state index contributed by atoms with van der Waals surface area (Å²) in [5, 5.41) is 2.75. The van der Waals surface area contributed by atoms with Crippen molar-refractivity contribution in [3.63, 3.8) is 0 Å². The molecule has 1 aliphatic rings. The first kappa shape index (κ1) is 19.2. The van der Waals surface area contributed by atoms with Crippen LogP contribution in [0.1, 0.15) is 39.3 Å². The van der Waals surface area contributed by atoms with Crippen LogP contribution in [0, 0.1) is 0 Å². The lowest BCUT2D eigenvalue weighted by molar-refractivity contribution is -0.135. The second-order valence-electron chi connectivity index (χ2n) is 7.25.